The first kappa shape index (κ1) is 12.5. The van der Waals surface area contributed by atoms with E-state index >= 15 is 0 Å². The molecule has 0 saturated heterocycles. The van der Waals surface area contributed by atoms with E-state index in [1.807, 2.05) is 6.92 Å². The van der Waals surface area contributed by atoms with Crippen LogP contribution in [0.15, 0.2) is 0 Å². The molecule has 1 N–H and O–H groups in total. The lowest BCUT2D eigenvalue weighted by Gasteiger charge is -2.16. The molecule has 76 valence electrons. The Hall–Kier alpha value is -0.480. The second-order valence-corrected chi connectivity index (χ2v) is 3.86. The highest BCUT2D eigenvalue weighted by Crippen LogP contribution is 2.08. The Balaban J connectivity index is 3.70. The normalized spacial score (nSPS) is 12.4. The third kappa shape index (κ3) is 7.87. The van der Waals surface area contributed by atoms with Gasteiger partial charge in [-0.1, -0.05) is 20.8 Å². The topological polar surface area (TPSA) is 12.0 Å². The summed E-state index contributed by atoms with van der Waals surface area (Å²) in [4.78, 5) is 0. The highest BCUT2D eigenvalue weighted by atomic mass is 14.9. The molecule has 0 aliphatic rings. The summed E-state index contributed by atoms with van der Waals surface area (Å²) in [5, 5.41) is 3.47. The maximum Gasteiger partial charge on any atom is 0.0243 e. The van der Waals surface area contributed by atoms with Gasteiger partial charge in [0.05, 0.1) is 0 Å². The molecule has 0 spiro atoms. The molecule has 0 aliphatic carbocycles. The quantitative estimate of drug-likeness (QED) is 0.621. The van der Waals surface area contributed by atoms with Gasteiger partial charge in [-0.3, -0.25) is 0 Å². The van der Waals surface area contributed by atoms with Crippen molar-refractivity contribution >= 4 is 0 Å². The van der Waals surface area contributed by atoms with Crippen molar-refractivity contribution in [3.8, 4) is 11.8 Å². The molecule has 0 amide bonds. The molecule has 0 aromatic carbocycles. The summed E-state index contributed by atoms with van der Waals surface area (Å²) in [5.74, 6) is 6.90. The van der Waals surface area contributed by atoms with Gasteiger partial charge < -0.3 is 5.32 Å². The number of hydrogen-bond donors (Lipinski definition) is 1. The van der Waals surface area contributed by atoms with Crippen LogP contribution in [0.25, 0.3) is 0 Å². The van der Waals surface area contributed by atoms with Crippen molar-refractivity contribution in [1.82, 2.24) is 5.32 Å². The second-order valence-electron chi connectivity index (χ2n) is 3.86. The molecule has 13 heavy (non-hydrogen) atoms. The van der Waals surface area contributed by atoms with Crippen LogP contribution in [0, 0.1) is 17.8 Å². The van der Waals surface area contributed by atoms with Crippen molar-refractivity contribution in [1.29, 1.82) is 0 Å². The van der Waals surface area contributed by atoms with E-state index in [2.05, 4.69) is 37.9 Å². The summed E-state index contributed by atoms with van der Waals surface area (Å²) in [7, 11) is 0. The Morgan fingerprint density at radius 3 is 2.38 bits per heavy atom. The van der Waals surface area contributed by atoms with Crippen LogP contribution >= 0.6 is 0 Å². The zero-order valence-electron chi connectivity index (χ0n) is 9.48. The van der Waals surface area contributed by atoms with Gasteiger partial charge in [0.1, 0.15) is 0 Å². The van der Waals surface area contributed by atoms with E-state index in [4.69, 9.17) is 0 Å². The van der Waals surface area contributed by atoms with Crippen molar-refractivity contribution in [3.05, 3.63) is 0 Å². The smallest absolute Gasteiger partial charge is 0.0243 e. The fourth-order valence-electron chi connectivity index (χ4n) is 1.32. The van der Waals surface area contributed by atoms with Crippen LogP contribution in [-0.2, 0) is 0 Å². The third-order valence-corrected chi connectivity index (χ3v) is 2.11. The molecule has 0 aromatic heterocycles. The van der Waals surface area contributed by atoms with Crippen LogP contribution < -0.4 is 5.32 Å². The molecule has 0 fully saturated rings. The van der Waals surface area contributed by atoms with Gasteiger partial charge in [0, 0.05) is 12.5 Å². The molecule has 1 nitrogen and oxygen atoms in total. The number of hydrogen-bond acceptors (Lipinski definition) is 1. The zero-order chi connectivity index (χ0) is 10.1. The molecule has 0 heterocycles. The monoisotopic (exact) mass is 181 g/mol. The number of nitrogens with one attached hydrogen (secondary N) is 1. The average molecular weight is 181 g/mol. The van der Waals surface area contributed by atoms with Gasteiger partial charge in [0.25, 0.3) is 0 Å². The van der Waals surface area contributed by atoms with E-state index in [0.29, 0.717) is 6.04 Å². The Labute approximate surface area is 83.3 Å². The van der Waals surface area contributed by atoms with Crippen LogP contribution in [0.4, 0.5) is 0 Å². The molecular formula is C12H23N. The summed E-state index contributed by atoms with van der Waals surface area (Å²) < 4.78 is 0. The van der Waals surface area contributed by atoms with Crippen molar-refractivity contribution in [2.75, 3.05) is 6.54 Å². The highest BCUT2D eigenvalue weighted by Gasteiger charge is 2.05. The van der Waals surface area contributed by atoms with Crippen LogP contribution in [-0.4, -0.2) is 12.6 Å². The minimum atomic E-state index is 0.597. The molecule has 0 aliphatic heterocycles. The minimum absolute atomic E-state index is 0.597. The third-order valence-electron chi connectivity index (χ3n) is 2.11. The van der Waals surface area contributed by atoms with E-state index in [0.717, 1.165) is 18.9 Å². The molecule has 1 unspecified atom stereocenters. The van der Waals surface area contributed by atoms with Crippen LogP contribution in [0.3, 0.4) is 0 Å². The number of rotatable bonds is 6. The molecular weight excluding hydrogens is 158 g/mol. The van der Waals surface area contributed by atoms with Gasteiger partial charge in [-0.05, 0) is 32.2 Å². The van der Waals surface area contributed by atoms with Crippen LogP contribution in [0.1, 0.15) is 47.0 Å². The SMILES string of the molecule is CC#CCC(CCC(C)C)NCC. The molecule has 0 bridgehead atoms. The van der Waals surface area contributed by atoms with Crippen LogP contribution in [0.5, 0.6) is 0 Å². The molecule has 0 saturated carbocycles. The van der Waals surface area contributed by atoms with Crippen molar-refractivity contribution in [3.63, 3.8) is 0 Å². The Bertz CT molecular complexity index is 162. The lowest BCUT2D eigenvalue weighted by atomic mass is 10.0. The Morgan fingerprint density at radius 2 is 1.92 bits per heavy atom. The van der Waals surface area contributed by atoms with Gasteiger partial charge in [0.2, 0.25) is 0 Å². The molecule has 0 radical (unpaired) electrons. The molecule has 0 rings (SSSR count). The lowest BCUT2D eigenvalue weighted by molar-refractivity contribution is 0.442. The van der Waals surface area contributed by atoms with E-state index in [-0.39, 0.29) is 0 Å². The van der Waals surface area contributed by atoms with E-state index in [9.17, 15) is 0 Å². The first-order valence-electron chi connectivity index (χ1n) is 5.33. The van der Waals surface area contributed by atoms with Crippen LogP contribution in [0.2, 0.25) is 0 Å². The zero-order valence-corrected chi connectivity index (χ0v) is 9.48. The maximum absolute atomic E-state index is 3.47. The van der Waals surface area contributed by atoms with Crippen molar-refractivity contribution in [2.45, 2.75) is 53.0 Å². The predicted molar refractivity (Wildman–Crippen MR) is 59.6 cm³/mol. The van der Waals surface area contributed by atoms with Gasteiger partial charge in [-0.15, -0.1) is 11.8 Å². The Kier molecular flexibility index (Phi) is 7.83. The van der Waals surface area contributed by atoms with Gasteiger partial charge in [-0.2, -0.15) is 0 Å². The summed E-state index contributed by atoms with van der Waals surface area (Å²) >= 11 is 0. The largest absolute Gasteiger partial charge is 0.313 e. The van der Waals surface area contributed by atoms with Gasteiger partial charge in [0.15, 0.2) is 0 Å². The summed E-state index contributed by atoms with van der Waals surface area (Å²) in [6.07, 6.45) is 3.54. The Morgan fingerprint density at radius 1 is 1.23 bits per heavy atom. The lowest BCUT2D eigenvalue weighted by Crippen LogP contribution is -2.28. The van der Waals surface area contributed by atoms with E-state index in [1.165, 1.54) is 12.8 Å². The summed E-state index contributed by atoms with van der Waals surface area (Å²) in [5.41, 5.74) is 0. The fourth-order valence-corrected chi connectivity index (χ4v) is 1.32. The standard InChI is InChI=1S/C12H23N/c1-5-7-8-12(13-6-2)10-9-11(3)4/h11-13H,6,8-10H2,1-4H3. The molecule has 1 atom stereocenters. The first-order valence-corrected chi connectivity index (χ1v) is 5.33. The first-order chi connectivity index (χ1) is 6.20. The summed E-state index contributed by atoms with van der Waals surface area (Å²) in [6.45, 7) is 9.66. The average Bonchev–Trinajstić information content (AvgIpc) is 2.09. The second kappa shape index (κ2) is 8.13. The predicted octanol–water partition coefficient (Wildman–Crippen LogP) is 2.81. The summed E-state index contributed by atoms with van der Waals surface area (Å²) in [6, 6.07) is 0.597. The van der Waals surface area contributed by atoms with Crippen molar-refractivity contribution in [2.24, 2.45) is 5.92 Å². The van der Waals surface area contributed by atoms with Gasteiger partial charge >= 0.3 is 0 Å². The minimum Gasteiger partial charge on any atom is -0.313 e. The fraction of sp³-hybridized carbons (Fsp3) is 0.833. The molecule has 1 heteroatoms. The van der Waals surface area contributed by atoms with Gasteiger partial charge in [-0.25, -0.2) is 0 Å². The van der Waals surface area contributed by atoms with E-state index < -0.39 is 0 Å². The van der Waals surface area contributed by atoms with E-state index in [1.54, 1.807) is 0 Å². The van der Waals surface area contributed by atoms with Crippen molar-refractivity contribution < 1.29 is 0 Å². The molecule has 0 aromatic rings. The highest BCUT2D eigenvalue weighted by molar-refractivity contribution is 4.98. The maximum atomic E-state index is 3.47.